The molecule has 10 nitrogen and oxygen atoms in total. The molecular formula is C27H20F3N5O5. The summed E-state index contributed by atoms with van der Waals surface area (Å²) >= 11 is 0. The van der Waals surface area contributed by atoms with E-state index in [2.05, 4.69) is 20.1 Å². The third-order valence-corrected chi connectivity index (χ3v) is 5.84. The lowest BCUT2D eigenvalue weighted by Crippen LogP contribution is -2.17. The van der Waals surface area contributed by atoms with Crippen LogP contribution in [0.15, 0.2) is 78.9 Å². The van der Waals surface area contributed by atoms with Gasteiger partial charge in [0.1, 0.15) is 17.2 Å². The van der Waals surface area contributed by atoms with Crippen molar-refractivity contribution in [2.24, 2.45) is 0 Å². The van der Waals surface area contributed by atoms with Crippen LogP contribution < -0.4 is 14.8 Å². The summed E-state index contributed by atoms with van der Waals surface area (Å²) in [7, 11) is 1.54. The van der Waals surface area contributed by atoms with Crippen LogP contribution in [0.1, 0.15) is 15.9 Å². The summed E-state index contributed by atoms with van der Waals surface area (Å²) in [5, 5.41) is 17.0. The molecule has 0 radical (unpaired) electrons. The smallest absolute Gasteiger partial charge is 0.497 e. The van der Waals surface area contributed by atoms with E-state index in [4.69, 9.17) is 4.74 Å². The van der Waals surface area contributed by atoms with Crippen molar-refractivity contribution in [3.8, 4) is 23.0 Å². The molecule has 0 spiro atoms. The second-order valence-electron chi connectivity index (χ2n) is 8.49. The van der Waals surface area contributed by atoms with E-state index in [0.29, 0.717) is 22.5 Å². The number of halogens is 3. The first-order valence-corrected chi connectivity index (χ1v) is 11.7. The summed E-state index contributed by atoms with van der Waals surface area (Å²) in [6, 6.07) is 19.7. The molecule has 0 bridgehead atoms. The first-order valence-electron chi connectivity index (χ1n) is 11.7. The molecule has 0 unspecified atom stereocenters. The zero-order valence-corrected chi connectivity index (χ0v) is 20.7. The molecule has 2 N–H and O–H groups in total. The third-order valence-electron chi connectivity index (χ3n) is 5.84. The summed E-state index contributed by atoms with van der Waals surface area (Å²) in [6.45, 7) is 0.196. The number of hydrogen-bond acceptors (Lipinski definition) is 6. The fourth-order valence-electron chi connectivity index (χ4n) is 4.07. The number of para-hydroxylation sites is 2. The number of nitrogens with zero attached hydrogens (tertiary/aromatic N) is 4. The van der Waals surface area contributed by atoms with Crippen LogP contribution in [-0.4, -0.2) is 49.9 Å². The topological polar surface area (TPSA) is 120 Å². The lowest BCUT2D eigenvalue weighted by Gasteiger charge is -2.09. The van der Waals surface area contributed by atoms with Crippen molar-refractivity contribution in [3.63, 3.8) is 0 Å². The Morgan fingerprint density at radius 2 is 1.65 bits per heavy atom. The standard InChI is InChI=1S/C27H20F3N5O5/c1-39-18-10-6-16(7-11-18)15-34-22(24-31-20-4-2-3-5-21(20)35(24)26(37)38)14-23(33-34)32-25(36)17-8-12-19(13-9-17)40-27(28,29)30/h2-14H,15H2,1H3,(H,37,38)(H,32,33,36). The predicted octanol–water partition coefficient (Wildman–Crippen LogP) is 5.63. The highest BCUT2D eigenvalue weighted by atomic mass is 19.4. The van der Waals surface area contributed by atoms with Gasteiger partial charge < -0.3 is 19.9 Å². The van der Waals surface area contributed by atoms with Crippen molar-refractivity contribution in [2.45, 2.75) is 12.9 Å². The van der Waals surface area contributed by atoms with Gasteiger partial charge in [-0.1, -0.05) is 24.3 Å². The van der Waals surface area contributed by atoms with Crippen LogP contribution >= 0.6 is 0 Å². The Bertz CT molecular complexity index is 1690. The molecule has 13 heteroatoms. The summed E-state index contributed by atoms with van der Waals surface area (Å²) in [4.78, 5) is 29.6. The summed E-state index contributed by atoms with van der Waals surface area (Å²) in [5.41, 5.74) is 1.98. The normalized spacial score (nSPS) is 11.4. The first-order chi connectivity index (χ1) is 19.1. The molecule has 0 aliphatic heterocycles. The van der Waals surface area contributed by atoms with Gasteiger partial charge in [0.25, 0.3) is 5.91 Å². The molecule has 3 aromatic carbocycles. The maximum atomic E-state index is 12.9. The number of carboxylic acid groups (broad SMARTS) is 1. The Balaban J connectivity index is 1.51. The molecule has 40 heavy (non-hydrogen) atoms. The molecule has 204 valence electrons. The Hall–Kier alpha value is -5.33. The van der Waals surface area contributed by atoms with Crippen LogP contribution in [0.2, 0.25) is 0 Å². The lowest BCUT2D eigenvalue weighted by molar-refractivity contribution is -0.274. The summed E-state index contributed by atoms with van der Waals surface area (Å²) in [5.74, 6) is -0.303. The van der Waals surface area contributed by atoms with Crippen LogP contribution in [0, 0.1) is 0 Å². The van der Waals surface area contributed by atoms with Crippen molar-refractivity contribution >= 4 is 28.9 Å². The van der Waals surface area contributed by atoms with E-state index in [9.17, 15) is 27.9 Å². The molecule has 1 amide bonds. The van der Waals surface area contributed by atoms with Gasteiger partial charge in [-0.25, -0.2) is 14.3 Å². The Labute approximate surface area is 224 Å². The minimum absolute atomic E-state index is 0.0542. The minimum Gasteiger partial charge on any atom is -0.497 e. The zero-order chi connectivity index (χ0) is 28.4. The van der Waals surface area contributed by atoms with Gasteiger partial charge in [-0.2, -0.15) is 5.10 Å². The quantitative estimate of drug-likeness (QED) is 0.269. The van der Waals surface area contributed by atoms with E-state index >= 15 is 0 Å². The monoisotopic (exact) mass is 551 g/mol. The van der Waals surface area contributed by atoms with E-state index in [0.717, 1.165) is 22.3 Å². The number of methoxy groups -OCH3 is 1. The molecule has 0 aliphatic rings. The predicted molar refractivity (Wildman–Crippen MR) is 138 cm³/mol. The number of alkyl halides is 3. The number of nitrogens with one attached hydrogen (secondary N) is 1. The van der Waals surface area contributed by atoms with Crippen LogP contribution in [0.4, 0.5) is 23.8 Å². The molecule has 2 heterocycles. The van der Waals surface area contributed by atoms with Gasteiger partial charge in [0.2, 0.25) is 0 Å². The van der Waals surface area contributed by atoms with Crippen molar-refractivity contribution in [3.05, 3.63) is 90.0 Å². The van der Waals surface area contributed by atoms with Gasteiger partial charge in [0, 0.05) is 11.6 Å². The second-order valence-corrected chi connectivity index (χ2v) is 8.49. The SMILES string of the molecule is COc1ccc(Cn2nc(NC(=O)c3ccc(OC(F)(F)F)cc3)cc2-c2nc3ccccc3n2C(=O)O)cc1. The fraction of sp³-hybridized carbons (Fsp3) is 0.111. The molecule has 0 atom stereocenters. The van der Waals surface area contributed by atoms with Crippen molar-refractivity contribution in [1.82, 2.24) is 19.3 Å². The van der Waals surface area contributed by atoms with Gasteiger partial charge in [-0.3, -0.25) is 9.48 Å². The molecular weight excluding hydrogens is 531 g/mol. The number of carbonyl (C=O) groups excluding carboxylic acids is 1. The lowest BCUT2D eigenvalue weighted by atomic mass is 10.2. The number of aromatic nitrogens is 4. The zero-order valence-electron chi connectivity index (χ0n) is 20.7. The van der Waals surface area contributed by atoms with E-state index < -0.39 is 24.1 Å². The van der Waals surface area contributed by atoms with Crippen LogP contribution in [-0.2, 0) is 6.54 Å². The summed E-state index contributed by atoms with van der Waals surface area (Å²) < 4.78 is 48.9. The Morgan fingerprint density at radius 3 is 2.30 bits per heavy atom. The van der Waals surface area contributed by atoms with Crippen molar-refractivity contribution in [1.29, 1.82) is 0 Å². The second kappa shape index (κ2) is 10.4. The number of benzene rings is 3. The number of hydrogen-bond donors (Lipinski definition) is 2. The number of fused-ring (bicyclic) bond motifs is 1. The number of rotatable bonds is 7. The Kier molecular flexibility index (Phi) is 6.86. The highest BCUT2D eigenvalue weighted by molar-refractivity contribution is 6.04. The third kappa shape index (κ3) is 5.57. The highest BCUT2D eigenvalue weighted by Gasteiger charge is 2.31. The highest BCUT2D eigenvalue weighted by Crippen LogP contribution is 2.28. The number of anilines is 1. The average Bonchev–Trinajstić information content (AvgIpc) is 3.49. The summed E-state index contributed by atoms with van der Waals surface area (Å²) in [6.07, 6.45) is -6.11. The van der Waals surface area contributed by atoms with Crippen LogP contribution in [0.5, 0.6) is 11.5 Å². The van der Waals surface area contributed by atoms with Gasteiger partial charge >= 0.3 is 12.5 Å². The molecule has 5 rings (SSSR count). The van der Waals surface area contributed by atoms with E-state index in [1.165, 1.54) is 22.9 Å². The molecule has 2 aromatic heterocycles. The fourth-order valence-corrected chi connectivity index (χ4v) is 4.07. The number of amides is 1. The molecule has 0 saturated carbocycles. The molecule has 0 aliphatic carbocycles. The molecule has 0 fully saturated rings. The van der Waals surface area contributed by atoms with Gasteiger partial charge in [0.15, 0.2) is 11.6 Å². The maximum absolute atomic E-state index is 12.9. The van der Waals surface area contributed by atoms with Crippen molar-refractivity contribution in [2.75, 3.05) is 12.4 Å². The number of carbonyl (C=O) groups is 2. The number of ether oxygens (including phenoxy) is 2. The maximum Gasteiger partial charge on any atom is 0.573 e. The van der Waals surface area contributed by atoms with E-state index in [1.807, 2.05) is 12.1 Å². The van der Waals surface area contributed by atoms with Crippen LogP contribution in [0.25, 0.3) is 22.6 Å². The first kappa shape index (κ1) is 26.3. The van der Waals surface area contributed by atoms with Crippen molar-refractivity contribution < 1.29 is 37.3 Å². The largest absolute Gasteiger partial charge is 0.573 e. The van der Waals surface area contributed by atoms with Gasteiger partial charge in [-0.05, 0) is 54.1 Å². The molecule has 0 saturated heterocycles. The average molecular weight is 551 g/mol. The van der Waals surface area contributed by atoms with E-state index in [1.54, 1.807) is 43.5 Å². The van der Waals surface area contributed by atoms with Crippen LogP contribution in [0.3, 0.4) is 0 Å². The van der Waals surface area contributed by atoms with Gasteiger partial charge in [0.05, 0.1) is 24.7 Å². The minimum atomic E-state index is -4.86. The Morgan fingerprint density at radius 1 is 0.975 bits per heavy atom. The van der Waals surface area contributed by atoms with Gasteiger partial charge in [-0.15, -0.1) is 13.2 Å². The number of imidazole rings is 1. The molecule has 5 aromatic rings. The van der Waals surface area contributed by atoms with E-state index in [-0.39, 0.29) is 23.8 Å².